The summed E-state index contributed by atoms with van der Waals surface area (Å²) in [5.74, 6) is -1.11. The van der Waals surface area contributed by atoms with E-state index in [1.807, 2.05) is 0 Å². The predicted molar refractivity (Wildman–Crippen MR) is 57.5 cm³/mol. The number of carboxylic acids is 1. The van der Waals surface area contributed by atoms with E-state index >= 15 is 0 Å². The summed E-state index contributed by atoms with van der Waals surface area (Å²) >= 11 is 0. The normalized spacial score (nSPS) is 12.2. The van der Waals surface area contributed by atoms with Gasteiger partial charge in [-0.25, -0.2) is 0 Å². The van der Waals surface area contributed by atoms with Gasteiger partial charge in [0.2, 0.25) is 5.89 Å². The summed E-state index contributed by atoms with van der Waals surface area (Å²) in [6.07, 6.45) is -0.115. The number of hydrogen-bond donors (Lipinski definition) is 1. The van der Waals surface area contributed by atoms with Crippen LogP contribution in [-0.4, -0.2) is 44.6 Å². The lowest BCUT2D eigenvalue weighted by atomic mass is 10.2. The third-order valence-electron chi connectivity index (χ3n) is 2.32. The Hall–Kier alpha value is -1.92. The number of aliphatic carboxylic acids is 1. The number of amides is 1. The Bertz CT molecular complexity index is 415. The van der Waals surface area contributed by atoms with Gasteiger partial charge in [-0.1, -0.05) is 5.16 Å². The second-order valence-corrected chi connectivity index (χ2v) is 3.68. The first-order valence-corrected chi connectivity index (χ1v) is 5.28. The zero-order valence-electron chi connectivity index (χ0n) is 10.0. The van der Waals surface area contributed by atoms with Crippen molar-refractivity contribution in [3.63, 3.8) is 0 Å². The Morgan fingerprint density at radius 3 is 2.59 bits per heavy atom. The molecule has 0 aliphatic heterocycles. The number of carbonyl (C=O) groups is 2. The average Bonchev–Trinajstić information content (AvgIpc) is 2.64. The summed E-state index contributed by atoms with van der Waals surface area (Å²) in [5, 5.41) is 12.2. The Morgan fingerprint density at radius 1 is 1.53 bits per heavy atom. The summed E-state index contributed by atoms with van der Waals surface area (Å²) in [4.78, 5) is 27.8. The summed E-state index contributed by atoms with van der Waals surface area (Å²) < 4.78 is 4.72. The smallest absolute Gasteiger partial charge is 0.305 e. The first kappa shape index (κ1) is 13.1. The van der Waals surface area contributed by atoms with Gasteiger partial charge in [-0.3, -0.25) is 9.59 Å². The van der Waals surface area contributed by atoms with Crippen molar-refractivity contribution in [3.8, 4) is 0 Å². The fourth-order valence-corrected chi connectivity index (χ4v) is 1.53. The van der Waals surface area contributed by atoms with E-state index in [1.165, 1.54) is 4.90 Å². The van der Waals surface area contributed by atoms with Crippen LogP contribution in [0.1, 0.15) is 36.8 Å². The minimum Gasteiger partial charge on any atom is -0.481 e. The molecule has 1 aromatic rings. The second kappa shape index (κ2) is 5.42. The summed E-state index contributed by atoms with van der Waals surface area (Å²) in [7, 11) is 0. The van der Waals surface area contributed by atoms with Crippen molar-refractivity contribution in [3.05, 3.63) is 11.7 Å². The van der Waals surface area contributed by atoms with Crippen molar-refractivity contribution in [2.75, 3.05) is 6.54 Å². The highest BCUT2D eigenvalue weighted by Crippen LogP contribution is 2.08. The Morgan fingerprint density at radius 2 is 2.18 bits per heavy atom. The van der Waals surface area contributed by atoms with E-state index in [-0.39, 0.29) is 12.2 Å². The fourth-order valence-electron chi connectivity index (χ4n) is 1.53. The Kier molecular flexibility index (Phi) is 4.19. The Balaban J connectivity index is 2.80. The van der Waals surface area contributed by atoms with E-state index < -0.39 is 17.9 Å². The van der Waals surface area contributed by atoms with Crippen molar-refractivity contribution in [1.82, 2.24) is 15.0 Å². The van der Waals surface area contributed by atoms with Gasteiger partial charge in [0.05, 0.1) is 6.42 Å². The van der Waals surface area contributed by atoms with Crippen LogP contribution in [0.4, 0.5) is 0 Å². The van der Waals surface area contributed by atoms with Crippen molar-refractivity contribution in [2.45, 2.75) is 33.2 Å². The summed E-state index contributed by atoms with van der Waals surface area (Å²) in [6, 6.07) is -0.413. The van der Waals surface area contributed by atoms with Crippen LogP contribution in [0.15, 0.2) is 4.52 Å². The largest absolute Gasteiger partial charge is 0.481 e. The molecule has 94 valence electrons. The molecule has 0 aliphatic rings. The van der Waals surface area contributed by atoms with Gasteiger partial charge in [0.25, 0.3) is 11.7 Å². The maximum absolute atomic E-state index is 12.0. The van der Waals surface area contributed by atoms with Gasteiger partial charge in [0.15, 0.2) is 0 Å². The van der Waals surface area contributed by atoms with E-state index in [0.29, 0.717) is 12.4 Å². The van der Waals surface area contributed by atoms with Gasteiger partial charge in [0.1, 0.15) is 0 Å². The van der Waals surface area contributed by atoms with Crippen LogP contribution in [0.5, 0.6) is 0 Å². The minimum absolute atomic E-state index is 0.0402. The molecule has 0 bridgehead atoms. The molecule has 0 fully saturated rings. The maximum atomic E-state index is 12.0. The van der Waals surface area contributed by atoms with Crippen LogP contribution in [-0.2, 0) is 4.79 Å². The van der Waals surface area contributed by atoms with Gasteiger partial charge in [-0.05, 0) is 13.8 Å². The molecule has 0 saturated carbocycles. The molecule has 1 N–H and O–H groups in total. The molecule has 0 aromatic carbocycles. The third-order valence-corrected chi connectivity index (χ3v) is 2.32. The van der Waals surface area contributed by atoms with Crippen LogP contribution < -0.4 is 0 Å². The average molecular weight is 241 g/mol. The standard InChI is InChI=1S/C10H15N3O4/c1-4-13(6(2)5-8(14)15)10(16)9-11-7(3)17-12-9/h6H,4-5H2,1-3H3,(H,14,15). The number of hydrogen-bond acceptors (Lipinski definition) is 5. The quantitative estimate of drug-likeness (QED) is 0.815. The molecule has 7 heteroatoms. The van der Waals surface area contributed by atoms with Crippen molar-refractivity contribution in [1.29, 1.82) is 0 Å². The van der Waals surface area contributed by atoms with Crippen LogP contribution in [0.25, 0.3) is 0 Å². The predicted octanol–water partition coefficient (Wildman–Crippen LogP) is 0.703. The maximum Gasteiger partial charge on any atom is 0.305 e. The van der Waals surface area contributed by atoms with E-state index in [0.717, 1.165) is 0 Å². The summed E-state index contributed by atoms with van der Waals surface area (Å²) in [5.41, 5.74) is 0. The van der Waals surface area contributed by atoms with E-state index in [4.69, 9.17) is 9.63 Å². The van der Waals surface area contributed by atoms with Gasteiger partial charge < -0.3 is 14.5 Å². The van der Waals surface area contributed by atoms with Gasteiger partial charge in [-0.2, -0.15) is 4.98 Å². The SMILES string of the molecule is CCN(C(=O)c1noc(C)n1)C(C)CC(=O)O. The van der Waals surface area contributed by atoms with E-state index in [1.54, 1.807) is 20.8 Å². The first-order chi connectivity index (χ1) is 7.95. The van der Waals surface area contributed by atoms with Crippen molar-refractivity contribution < 1.29 is 19.2 Å². The number of aromatic nitrogens is 2. The topological polar surface area (TPSA) is 96.5 Å². The molecule has 1 rings (SSSR count). The monoisotopic (exact) mass is 241 g/mol. The van der Waals surface area contributed by atoms with Gasteiger partial charge in [0, 0.05) is 19.5 Å². The van der Waals surface area contributed by atoms with Gasteiger partial charge in [-0.15, -0.1) is 0 Å². The van der Waals surface area contributed by atoms with Crippen LogP contribution in [0, 0.1) is 6.92 Å². The lowest BCUT2D eigenvalue weighted by Gasteiger charge is -2.25. The zero-order valence-corrected chi connectivity index (χ0v) is 10.0. The molecule has 0 spiro atoms. The molecular weight excluding hydrogens is 226 g/mol. The van der Waals surface area contributed by atoms with E-state index in [9.17, 15) is 9.59 Å². The van der Waals surface area contributed by atoms with Crippen LogP contribution >= 0.6 is 0 Å². The van der Waals surface area contributed by atoms with Crippen LogP contribution in [0.3, 0.4) is 0 Å². The van der Waals surface area contributed by atoms with Crippen molar-refractivity contribution in [2.24, 2.45) is 0 Å². The second-order valence-electron chi connectivity index (χ2n) is 3.68. The molecule has 1 atom stereocenters. The highest BCUT2D eigenvalue weighted by molar-refractivity contribution is 5.90. The first-order valence-electron chi connectivity index (χ1n) is 5.28. The fraction of sp³-hybridized carbons (Fsp3) is 0.600. The number of nitrogens with zero attached hydrogens (tertiary/aromatic N) is 3. The number of rotatable bonds is 5. The molecule has 0 aliphatic carbocycles. The molecule has 1 amide bonds. The number of carbonyl (C=O) groups excluding carboxylic acids is 1. The molecule has 17 heavy (non-hydrogen) atoms. The van der Waals surface area contributed by atoms with Crippen LogP contribution in [0.2, 0.25) is 0 Å². The minimum atomic E-state index is -0.951. The van der Waals surface area contributed by atoms with Crippen molar-refractivity contribution >= 4 is 11.9 Å². The number of aryl methyl sites for hydroxylation is 1. The molecule has 1 unspecified atom stereocenters. The molecule has 7 nitrogen and oxygen atoms in total. The zero-order chi connectivity index (χ0) is 13.0. The molecule has 0 saturated heterocycles. The Labute approximate surface area is 98.4 Å². The molecular formula is C10H15N3O4. The number of carboxylic acid groups (broad SMARTS) is 1. The highest BCUT2D eigenvalue weighted by Gasteiger charge is 2.25. The molecule has 0 radical (unpaired) electrons. The molecule has 1 aromatic heterocycles. The highest BCUT2D eigenvalue weighted by atomic mass is 16.5. The van der Waals surface area contributed by atoms with Gasteiger partial charge >= 0.3 is 5.97 Å². The third kappa shape index (κ3) is 3.27. The van der Waals surface area contributed by atoms with E-state index in [2.05, 4.69) is 10.1 Å². The summed E-state index contributed by atoms with van der Waals surface area (Å²) in [6.45, 7) is 5.41. The molecule has 1 heterocycles. The lowest BCUT2D eigenvalue weighted by molar-refractivity contribution is -0.138. The lowest BCUT2D eigenvalue weighted by Crippen LogP contribution is -2.40.